The van der Waals surface area contributed by atoms with Gasteiger partial charge in [-0.05, 0) is 58.8 Å². The normalized spacial score (nSPS) is 30.7. The van der Waals surface area contributed by atoms with Crippen LogP contribution in [0.5, 0.6) is 11.5 Å². The number of benzene rings is 1. The van der Waals surface area contributed by atoms with Crippen LogP contribution in [0.2, 0.25) is 0 Å². The summed E-state index contributed by atoms with van der Waals surface area (Å²) in [5.41, 5.74) is 3.71. The van der Waals surface area contributed by atoms with E-state index in [9.17, 15) is 34.2 Å². The molecule has 11 nitrogen and oxygen atoms in total. The van der Waals surface area contributed by atoms with Gasteiger partial charge in [0.05, 0.1) is 24.6 Å². The summed E-state index contributed by atoms with van der Waals surface area (Å²) in [6.45, 7) is 7.46. The Morgan fingerprint density at radius 2 is 1.85 bits per heavy atom. The lowest BCUT2D eigenvalue weighted by Gasteiger charge is -2.52. The molecule has 2 fully saturated rings. The van der Waals surface area contributed by atoms with Gasteiger partial charge in [-0.2, -0.15) is 0 Å². The summed E-state index contributed by atoms with van der Waals surface area (Å²) in [7, 11) is 4.60. The van der Waals surface area contributed by atoms with Crippen LogP contribution in [0.1, 0.15) is 55.1 Å². The number of ether oxygens (including phenoxy) is 1. The third-order valence-electron chi connectivity index (χ3n) is 9.29. The minimum atomic E-state index is -2.74. The highest BCUT2D eigenvalue weighted by atomic mass is 16.5. The monoisotopic (exact) mass is 557 g/mol. The summed E-state index contributed by atoms with van der Waals surface area (Å²) in [6.07, 6.45) is 1.07. The van der Waals surface area contributed by atoms with Crippen molar-refractivity contribution in [1.82, 2.24) is 9.80 Å². The number of phenolic OH excluding ortho intramolecular Hbond substituents is 1. The molecule has 1 aromatic carbocycles. The van der Waals surface area contributed by atoms with Gasteiger partial charge in [0.15, 0.2) is 34.7 Å². The molecule has 0 spiro atoms. The number of ketones is 4. The van der Waals surface area contributed by atoms with Gasteiger partial charge in [-0.25, -0.2) is 0 Å². The number of carbonyl (C=O) groups excluding carboxylic acids is 5. The lowest BCUT2D eigenvalue weighted by Crippen LogP contribution is -2.74. The molecule has 4 rings (SSSR count). The molecule has 0 saturated heterocycles. The minimum Gasteiger partial charge on any atom is -0.507 e. The van der Waals surface area contributed by atoms with E-state index in [-0.39, 0.29) is 30.2 Å². The maximum absolute atomic E-state index is 13.9. The number of hydrogen-bond donors (Lipinski definition) is 3. The number of rotatable bonds is 8. The van der Waals surface area contributed by atoms with E-state index in [1.807, 2.05) is 6.92 Å². The predicted molar refractivity (Wildman–Crippen MR) is 144 cm³/mol. The maximum atomic E-state index is 13.9. The molecule has 1 amide bonds. The van der Waals surface area contributed by atoms with Crippen molar-refractivity contribution in [2.24, 2.45) is 29.4 Å². The molecule has 2 saturated carbocycles. The van der Waals surface area contributed by atoms with Crippen molar-refractivity contribution in [3.05, 3.63) is 22.8 Å². The fourth-order valence-corrected chi connectivity index (χ4v) is 7.14. The highest BCUT2D eigenvalue weighted by Crippen LogP contribution is 2.52. The molecule has 0 aliphatic heterocycles. The van der Waals surface area contributed by atoms with E-state index in [1.165, 1.54) is 18.1 Å². The van der Waals surface area contributed by atoms with Crippen LogP contribution in [-0.2, 0) is 32.1 Å². The van der Waals surface area contributed by atoms with Crippen LogP contribution in [0.4, 0.5) is 0 Å². The first-order valence-electron chi connectivity index (χ1n) is 13.8. The van der Waals surface area contributed by atoms with Crippen LogP contribution in [0.25, 0.3) is 0 Å². The number of phenols is 1. The van der Waals surface area contributed by atoms with E-state index < -0.39 is 64.4 Å². The zero-order chi connectivity index (χ0) is 29.8. The molecule has 1 aromatic rings. The summed E-state index contributed by atoms with van der Waals surface area (Å²) in [4.78, 5) is 70.2. The predicted octanol–water partition coefficient (Wildman–Crippen LogP) is 0.496. The summed E-state index contributed by atoms with van der Waals surface area (Å²) in [5.74, 6) is -10.2. The highest BCUT2D eigenvalue weighted by Gasteiger charge is 2.69. The fourth-order valence-electron chi connectivity index (χ4n) is 7.14. The van der Waals surface area contributed by atoms with Crippen molar-refractivity contribution in [1.29, 1.82) is 0 Å². The largest absolute Gasteiger partial charge is 0.507 e. The second-order valence-corrected chi connectivity index (χ2v) is 11.6. The number of nitrogens with zero attached hydrogens (tertiary/aromatic N) is 2. The van der Waals surface area contributed by atoms with Crippen LogP contribution in [0.3, 0.4) is 0 Å². The van der Waals surface area contributed by atoms with Gasteiger partial charge >= 0.3 is 0 Å². The number of aliphatic hydroxyl groups is 1. The maximum Gasteiger partial charge on any atom is 0.235 e. The Bertz CT molecular complexity index is 1280. The third kappa shape index (κ3) is 4.26. The first-order valence-corrected chi connectivity index (χ1v) is 13.8. The Kier molecular flexibility index (Phi) is 7.96. The van der Waals surface area contributed by atoms with Gasteiger partial charge in [-0.1, -0.05) is 13.8 Å². The van der Waals surface area contributed by atoms with E-state index in [2.05, 4.69) is 18.7 Å². The van der Waals surface area contributed by atoms with Gasteiger partial charge in [0.25, 0.3) is 0 Å². The highest BCUT2D eigenvalue weighted by molar-refractivity contribution is 6.32. The second kappa shape index (κ2) is 10.7. The van der Waals surface area contributed by atoms with Gasteiger partial charge in [-0.15, -0.1) is 0 Å². The van der Waals surface area contributed by atoms with E-state index in [0.717, 1.165) is 13.0 Å². The Morgan fingerprint density at radius 3 is 2.38 bits per heavy atom. The van der Waals surface area contributed by atoms with Crippen LogP contribution in [0, 0.1) is 23.7 Å². The molecule has 4 N–H and O–H groups in total. The minimum absolute atomic E-state index is 0.00794. The fraction of sp³-hybridized carbons (Fsp3) is 0.621. The average molecular weight is 558 g/mol. The molecular formula is C29H39N3O8. The Morgan fingerprint density at radius 1 is 1.20 bits per heavy atom. The summed E-state index contributed by atoms with van der Waals surface area (Å²) in [5, 5.41) is 22.7. The second-order valence-electron chi connectivity index (χ2n) is 11.6. The molecule has 0 radical (unpaired) electrons. The van der Waals surface area contributed by atoms with Crippen LogP contribution < -0.4 is 10.5 Å². The topological polar surface area (TPSA) is 168 Å². The Labute approximate surface area is 233 Å². The Balaban J connectivity index is 1.83. The van der Waals surface area contributed by atoms with E-state index >= 15 is 0 Å². The zero-order valence-electron chi connectivity index (χ0n) is 23.9. The van der Waals surface area contributed by atoms with E-state index in [4.69, 9.17) is 10.5 Å². The zero-order valence-corrected chi connectivity index (χ0v) is 23.9. The van der Waals surface area contributed by atoms with Gasteiger partial charge in [0, 0.05) is 29.6 Å². The first kappa shape index (κ1) is 29.8. The molecule has 0 bridgehead atoms. The van der Waals surface area contributed by atoms with Crippen molar-refractivity contribution in [2.45, 2.75) is 64.3 Å². The smallest absolute Gasteiger partial charge is 0.235 e. The standard InChI is InChI=1S/C29H39N3O8/c1-7-13(3)32(8-2)12-15-11-18(33)20-16(25(15)40-6)9-14-10-17-22(31(4)5)24(35)21(28(30)38)27(37)29(17,39)26(36)19(14)23(20)34/h11,13-14,17,19,21-22,33,39H,7-10,12H2,1-6H3,(H2,30,38)/t13?,14-,17-,19?,21?,22-,29-/m0/s1. The molecule has 11 heteroatoms. The average Bonchev–Trinajstić information content (AvgIpc) is 2.88. The number of carbonyl (C=O) groups is 5. The van der Waals surface area contributed by atoms with Crippen LogP contribution in [0.15, 0.2) is 6.07 Å². The van der Waals surface area contributed by atoms with Crippen molar-refractivity contribution in [3.63, 3.8) is 0 Å². The van der Waals surface area contributed by atoms with Gasteiger partial charge < -0.3 is 20.7 Å². The SMILES string of the molecule is CCC(C)N(CC)Cc1cc(O)c2c(c1OC)C[C@H]1C[C@H]3[C@H](N(C)C)C(=O)C(C(N)=O)C(=O)[C@@]3(O)C(=O)C1C2=O. The number of fused-ring (bicyclic) bond motifs is 3. The first-order chi connectivity index (χ1) is 18.8. The lowest BCUT2D eigenvalue weighted by atomic mass is 9.52. The summed E-state index contributed by atoms with van der Waals surface area (Å²) < 4.78 is 5.78. The van der Waals surface area contributed by atoms with Gasteiger partial charge in [-0.3, -0.25) is 33.8 Å². The molecule has 40 heavy (non-hydrogen) atoms. The van der Waals surface area contributed by atoms with E-state index in [0.29, 0.717) is 23.4 Å². The Hall–Kier alpha value is -3.15. The lowest BCUT2D eigenvalue weighted by molar-refractivity contribution is -0.181. The van der Waals surface area contributed by atoms with Crippen molar-refractivity contribution >= 4 is 29.0 Å². The molecule has 3 aliphatic carbocycles. The molecular weight excluding hydrogens is 518 g/mol. The molecule has 0 heterocycles. The molecule has 218 valence electrons. The van der Waals surface area contributed by atoms with E-state index in [1.54, 1.807) is 14.1 Å². The third-order valence-corrected chi connectivity index (χ3v) is 9.29. The van der Waals surface area contributed by atoms with Gasteiger partial charge in [0.1, 0.15) is 11.5 Å². The quantitative estimate of drug-likeness (QED) is 0.383. The van der Waals surface area contributed by atoms with Crippen molar-refractivity contribution in [2.75, 3.05) is 27.7 Å². The van der Waals surface area contributed by atoms with Crippen LogP contribution in [-0.4, -0.2) is 94.5 Å². The number of Topliss-reactive ketones (excluding diaryl/α,β-unsaturated/α-hetero) is 4. The molecule has 3 aliphatic rings. The van der Waals surface area contributed by atoms with Crippen LogP contribution >= 0.6 is 0 Å². The number of methoxy groups -OCH3 is 1. The number of nitrogens with two attached hydrogens (primary N) is 1. The summed E-state index contributed by atoms with van der Waals surface area (Å²) >= 11 is 0. The molecule has 7 atom stereocenters. The van der Waals surface area contributed by atoms with Crippen molar-refractivity contribution in [3.8, 4) is 11.5 Å². The molecule has 0 aromatic heterocycles. The van der Waals surface area contributed by atoms with Crippen molar-refractivity contribution < 1.29 is 38.9 Å². The van der Waals surface area contributed by atoms with Gasteiger partial charge in [0.2, 0.25) is 5.91 Å². The number of aromatic hydroxyl groups is 1. The number of likely N-dealkylation sites (N-methyl/N-ethyl adjacent to an activating group) is 1. The molecule has 3 unspecified atom stereocenters. The number of primary amides is 1. The summed E-state index contributed by atoms with van der Waals surface area (Å²) in [6, 6.07) is 0.597. The number of amides is 1. The number of hydrogen-bond acceptors (Lipinski definition) is 10.